The molecule has 12 rings (SSSR count). The van der Waals surface area contributed by atoms with Gasteiger partial charge in [0.2, 0.25) is 0 Å². The molecule has 1 aromatic heterocycles. The molecule has 0 atom stereocenters. The number of hydrogen-bond donors (Lipinski definition) is 0. The minimum absolute atomic E-state index is 0.0309. The Kier molecular flexibility index (Phi) is 9.52. The first-order valence-electron chi connectivity index (χ1n) is 24.7. The van der Waals surface area contributed by atoms with Crippen molar-refractivity contribution in [1.82, 2.24) is 0 Å². The molecule has 0 radical (unpaired) electrons. The van der Waals surface area contributed by atoms with E-state index >= 15 is 0 Å². The maximum atomic E-state index is 2.74. The number of hydrogen-bond acceptors (Lipinski definition) is 3. The summed E-state index contributed by atoms with van der Waals surface area (Å²) in [6.45, 7) is 23.7. The maximum absolute atomic E-state index is 2.74. The van der Waals surface area contributed by atoms with Crippen LogP contribution in [0.1, 0.15) is 104 Å². The summed E-state index contributed by atoms with van der Waals surface area (Å²) < 4.78 is 2.62. The number of nitrogens with zero attached hydrogens (tertiary/aromatic N) is 2. The highest BCUT2D eigenvalue weighted by Crippen LogP contribution is 2.56. The fourth-order valence-corrected chi connectivity index (χ4v) is 12.9. The van der Waals surface area contributed by atoms with Gasteiger partial charge in [0.1, 0.15) is 0 Å². The second-order valence-corrected chi connectivity index (χ2v) is 24.3. The Morgan fingerprint density at radius 2 is 1.10 bits per heavy atom. The van der Waals surface area contributed by atoms with E-state index in [0.29, 0.717) is 0 Å². The van der Waals surface area contributed by atoms with Crippen LogP contribution in [0.25, 0.3) is 53.6 Å². The van der Waals surface area contributed by atoms with Crippen molar-refractivity contribution in [3.63, 3.8) is 0 Å². The lowest BCUT2D eigenvalue weighted by molar-refractivity contribution is 0.332. The van der Waals surface area contributed by atoms with Crippen LogP contribution in [0.2, 0.25) is 0 Å². The van der Waals surface area contributed by atoms with E-state index in [-0.39, 0.29) is 28.5 Å². The maximum Gasteiger partial charge on any atom is 0.333 e. The third kappa shape index (κ3) is 6.65. The fourth-order valence-electron chi connectivity index (χ4n) is 11.8. The monoisotopic (exact) mass is 900 g/mol. The smallest absolute Gasteiger partial charge is 0.333 e. The van der Waals surface area contributed by atoms with Crippen LogP contribution >= 0.6 is 11.3 Å². The van der Waals surface area contributed by atoms with Gasteiger partial charge in [-0.15, -0.1) is 11.3 Å². The van der Waals surface area contributed by atoms with Gasteiger partial charge < -0.3 is 9.71 Å². The fraction of sp³-hybridized carbons (Fsp3) is 0.250. The van der Waals surface area contributed by atoms with Crippen LogP contribution in [0.3, 0.4) is 0 Å². The first-order chi connectivity index (χ1) is 32.5. The predicted molar refractivity (Wildman–Crippen MR) is 297 cm³/mol. The Morgan fingerprint density at radius 1 is 0.485 bits per heavy atom. The molecule has 0 fully saturated rings. The molecule has 0 spiro atoms. The summed E-state index contributed by atoms with van der Waals surface area (Å²) in [6.07, 6.45) is 2.32. The minimum Gasteiger partial charge on any atom is -0.376 e. The molecule has 2 aliphatic heterocycles. The lowest BCUT2D eigenvalue weighted by Gasteiger charge is -2.48. The zero-order chi connectivity index (χ0) is 47.1. The number of benzene rings is 8. The first-order valence-corrected chi connectivity index (χ1v) is 25.6. The average molecular weight is 901 g/mol. The summed E-state index contributed by atoms with van der Waals surface area (Å²) in [6, 6.07) is 63.4. The van der Waals surface area contributed by atoms with Crippen LogP contribution in [0.15, 0.2) is 164 Å². The van der Waals surface area contributed by atoms with E-state index in [1.807, 2.05) is 11.3 Å². The zero-order valence-electron chi connectivity index (χ0n) is 41.4. The van der Waals surface area contributed by atoms with Gasteiger partial charge in [0, 0.05) is 48.4 Å². The summed E-state index contributed by atoms with van der Waals surface area (Å²) in [5.41, 5.74) is 22.1. The number of anilines is 5. The molecule has 336 valence electrons. The van der Waals surface area contributed by atoms with E-state index in [0.717, 1.165) is 12.8 Å². The Morgan fingerprint density at radius 3 is 1.78 bits per heavy atom. The van der Waals surface area contributed by atoms with Crippen molar-refractivity contribution in [1.29, 1.82) is 0 Å². The molecule has 0 amide bonds. The SMILES string of the molecule is CC(C)(C)c1ccc(N2B3c4ccc5sc6ccccc6c5c4N(c4ccc(C(C)(C)C)cc4-c4ccccc4)c4cc(-c5ccccc5)cc(c43)-c3cc4c(cc32)C(C)(C)CCC4(C)C)cc1. The molecule has 0 saturated heterocycles. The molecule has 3 heterocycles. The second-order valence-electron chi connectivity index (χ2n) is 23.2. The first kappa shape index (κ1) is 43.0. The summed E-state index contributed by atoms with van der Waals surface area (Å²) in [5.74, 6) is 0. The topological polar surface area (TPSA) is 6.48 Å². The third-order valence-corrected chi connectivity index (χ3v) is 17.0. The molecular weight excluding hydrogens is 840 g/mol. The lowest BCUT2D eigenvalue weighted by Crippen LogP contribution is -2.61. The molecule has 68 heavy (non-hydrogen) atoms. The van der Waals surface area contributed by atoms with Crippen molar-refractivity contribution in [2.75, 3.05) is 9.71 Å². The van der Waals surface area contributed by atoms with Crippen molar-refractivity contribution < 1.29 is 0 Å². The molecule has 0 saturated carbocycles. The number of rotatable bonds is 4. The zero-order valence-corrected chi connectivity index (χ0v) is 42.2. The minimum atomic E-state index is -0.112. The molecule has 0 N–H and O–H groups in total. The normalized spacial score (nSPS) is 15.8. The van der Waals surface area contributed by atoms with E-state index in [2.05, 4.69) is 243 Å². The van der Waals surface area contributed by atoms with Gasteiger partial charge in [-0.3, -0.25) is 0 Å². The van der Waals surface area contributed by atoms with E-state index < -0.39 is 0 Å². The molecule has 8 aromatic carbocycles. The van der Waals surface area contributed by atoms with Gasteiger partial charge >= 0.3 is 6.85 Å². The quantitative estimate of drug-likeness (QED) is 0.162. The summed E-state index contributed by atoms with van der Waals surface area (Å²) in [4.78, 5) is 5.44. The highest BCUT2D eigenvalue weighted by atomic mass is 32.1. The predicted octanol–water partition coefficient (Wildman–Crippen LogP) is 17.0. The van der Waals surface area contributed by atoms with Crippen LogP contribution < -0.4 is 20.6 Å². The van der Waals surface area contributed by atoms with E-state index in [1.165, 1.54) is 115 Å². The van der Waals surface area contributed by atoms with Crippen LogP contribution in [0.5, 0.6) is 0 Å². The largest absolute Gasteiger partial charge is 0.376 e. The van der Waals surface area contributed by atoms with E-state index in [1.54, 1.807) is 0 Å². The Hall–Kier alpha value is -6.36. The summed E-state index contributed by atoms with van der Waals surface area (Å²) in [7, 11) is 0. The van der Waals surface area contributed by atoms with E-state index in [9.17, 15) is 0 Å². The van der Waals surface area contributed by atoms with Gasteiger partial charge in [-0.2, -0.15) is 0 Å². The second kappa shape index (κ2) is 15.1. The van der Waals surface area contributed by atoms with Crippen LogP contribution in [-0.2, 0) is 21.7 Å². The van der Waals surface area contributed by atoms with Crippen molar-refractivity contribution in [2.45, 2.75) is 104 Å². The van der Waals surface area contributed by atoms with Gasteiger partial charge in [-0.1, -0.05) is 172 Å². The van der Waals surface area contributed by atoms with Gasteiger partial charge in [0.25, 0.3) is 0 Å². The molecule has 3 aliphatic rings. The molecule has 0 unspecified atom stereocenters. The van der Waals surface area contributed by atoms with Crippen LogP contribution in [0, 0.1) is 0 Å². The van der Waals surface area contributed by atoms with Gasteiger partial charge in [-0.05, 0) is 151 Å². The highest BCUT2D eigenvalue weighted by molar-refractivity contribution is 7.26. The Labute approximate surface area is 408 Å². The van der Waals surface area contributed by atoms with Gasteiger partial charge in [0.05, 0.1) is 11.4 Å². The molecule has 4 heteroatoms. The van der Waals surface area contributed by atoms with Crippen LogP contribution in [0.4, 0.5) is 28.4 Å². The van der Waals surface area contributed by atoms with Crippen LogP contribution in [-0.4, -0.2) is 6.85 Å². The van der Waals surface area contributed by atoms with Crippen molar-refractivity contribution in [3.8, 4) is 33.4 Å². The Bertz CT molecular complexity index is 3470. The van der Waals surface area contributed by atoms with Crippen molar-refractivity contribution in [2.24, 2.45) is 0 Å². The number of thiophene rings is 1. The standard InChI is InChI=1S/C64H61BN2S/c1-61(2,3)43-25-28-45(29-26-43)67-54-39-51-50(63(7,8)33-34-64(51,9)10)38-48(54)49-35-42(40-19-13-11-14-20-40)36-55-59(49)65(67)52-30-32-57-58(46-23-17-18-24-56(46)68-57)60(52)66(55)53-31-27-44(62(4,5)6)37-47(53)41-21-15-12-16-22-41/h11-32,35-39H,33-34H2,1-10H3. The molecule has 1 aliphatic carbocycles. The third-order valence-electron chi connectivity index (χ3n) is 15.8. The highest BCUT2D eigenvalue weighted by Gasteiger charge is 2.48. The molecule has 9 aromatic rings. The van der Waals surface area contributed by atoms with Gasteiger partial charge in [0.15, 0.2) is 0 Å². The van der Waals surface area contributed by atoms with E-state index in [4.69, 9.17) is 0 Å². The molecule has 0 bridgehead atoms. The summed E-state index contributed by atoms with van der Waals surface area (Å²) in [5, 5.41) is 2.63. The lowest BCUT2D eigenvalue weighted by atomic mass is 9.43. The average Bonchev–Trinajstić information content (AvgIpc) is 3.72. The summed E-state index contributed by atoms with van der Waals surface area (Å²) >= 11 is 1.91. The molecule has 2 nitrogen and oxygen atoms in total. The van der Waals surface area contributed by atoms with Crippen molar-refractivity contribution in [3.05, 3.63) is 186 Å². The molecular formula is C64H61BN2S. The van der Waals surface area contributed by atoms with Crippen molar-refractivity contribution >= 4 is 77.7 Å². The Balaban J connectivity index is 1.27. The number of fused-ring (bicyclic) bond motifs is 9. The van der Waals surface area contributed by atoms with Gasteiger partial charge in [-0.25, -0.2) is 0 Å².